The highest BCUT2D eigenvalue weighted by atomic mass is 16.6. The SMILES string of the molecule is CCC(Oc1c(C)cccc1[N+](=O)[O-])C(=O)NN. The first-order valence-corrected chi connectivity index (χ1v) is 5.42. The Morgan fingerprint density at radius 2 is 2.28 bits per heavy atom. The number of carbonyl (C=O) groups is 1. The molecule has 0 saturated heterocycles. The van der Waals surface area contributed by atoms with Gasteiger partial charge in [0.25, 0.3) is 5.91 Å². The maximum absolute atomic E-state index is 11.4. The van der Waals surface area contributed by atoms with Crippen LogP contribution in [0.3, 0.4) is 0 Å². The van der Waals surface area contributed by atoms with E-state index in [1.807, 2.05) is 5.43 Å². The van der Waals surface area contributed by atoms with E-state index in [1.54, 1.807) is 26.0 Å². The lowest BCUT2D eigenvalue weighted by Gasteiger charge is -2.17. The zero-order valence-electron chi connectivity index (χ0n) is 10.2. The van der Waals surface area contributed by atoms with Gasteiger partial charge >= 0.3 is 5.69 Å². The quantitative estimate of drug-likeness (QED) is 0.353. The molecule has 7 heteroatoms. The van der Waals surface area contributed by atoms with Gasteiger partial charge in [-0.05, 0) is 18.9 Å². The molecule has 3 N–H and O–H groups in total. The van der Waals surface area contributed by atoms with Crippen LogP contribution in [0.1, 0.15) is 18.9 Å². The molecular formula is C11H15N3O4. The van der Waals surface area contributed by atoms with Gasteiger partial charge in [0, 0.05) is 6.07 Å². The second kappa shape index (κ2) is 5.97. The molecule has 0 heterocycles. The van der Waals surface area contributed by atoms with Gasteiger partial charge in [-0.2, -0.15) is 0 Å². The largest absolute Gasteiger partial charge is 0.473 e. The standard InChI is InChI=1S/C11H15N3O4/c1-3-9(11(15)13-12)18-10-7(2)5-4-6-8(10)14(16)17/h4-6,9H,3,12H2,1-2H3,(H,13,15). The Kier molecular flexibility index (Phi) is 4.61. The molecule has 1 aromatic rings. The zero-order chi connectivity index (χ0) is 13.7. The number of nitrogens with one attached hydrogen (secondary N) is 1. The molecule has 0 fully saturated rings. The van der Waals surface area contributed by atoms with E-state index < -0.39 is 16.9 Å². The summed E-state index contributed by atoms with van der Waals surface area (Å²) in [4.78, 5) is 21.7. The van der Waals surface area contributed by atoms with E-state index in [-0.39, 0.29) is 11.4 Å². The van der Waals surface area contributed by atoms with Crippen LogP contribution < -0.4 is 16.0 Å². The summed E-state index contributed by atoms with van der Waals surface area (Å²) >= 11 is 0. The van der Waals surface area contributed by atoms with E-state index in [2.05, 4.69) is 0 Å². The van der Waals surface area contributed by atoms with Crippen LogP contribution in [0.25, 0.3) is 0 Å². The van der Waals surface area contributed by atoms with Crippen molar-refractivity contribution in [2.24, 2.45) is 5.84 Å². The van der Waals surface area contributed by atoms with Gasteiger partial charge in [0.1, 0.15) is 0 Å². The number of nitro benzene ring substituents is 1. The highest BCUT2D eigenvalue weighted by Gasteiger charge is 2.24. The lowest BCUT2D eigenvalue weighted by Crippen LogP contribution is -2.41. The minimum absolute atomic E-state index is 0.0953. The van der Waals surface area contributed by atoms with Crippen molar-refractivity contribution >= 4 is 11.6 Å². The molecule has 0 spiro atoms. The molecule has 0 saturated carbocycles. The Bertz CT molecular complexity index is 462. The van der Waals surface area contributed by atoms with Crippen LogP contribution in [0.15, 0.2) is 18.2 Å². The third-order valence-electron chi connectivity index (χ3n) is 2.45. The zero-order valence-corrected chi connectivity index (χ0v) is 10.2. The van der Waals surface area contributed by atoms with E-state index in [4.69, 9.17) is 10.6 Å². The first-order valence-electron chi connectivity index (χ1n) is 5.42. The van der Waals surface area contributed by atoms with Crippen LogP contribution in [0.5, 0.6) is 5.75 Å². The summed E-state index contributed by atoms with van der Waals surface area (Å²) in [5.41, 5.74) is 2.39. The van der Waals surface area contributed by atoms with Crippen LogP contribution in [0.2, 0.25) is 0 Å². The van der Waals surface area contributed by atoms with Gasteiger partial charge in [-0.25, -0.2) is 5.84 Å². The van der Waals surface area contributed by atoms with Crippen LogP contribution >= 0.6 is 0 Å². The normalized spacial score (nSPS) is 11.7. The number of amides is 1. The fraction of sp³-hybridized carbons (Fsp3) is 0.364. The van der Waals surface area contributed by atoms with Crippen molar-refractivity contribution in [1.82, 2.24) is 5.43 Å². The molecule has 1 atom stereocenters. The molecule has 1 amide bonds. The summed E-state index contributed by atoms with van der Waals surface area (Å²) in [6.45, 7) is 3.40. The number of para-hydroxylation sites is 1. The van der Waals surface area contributed by atoms with Crippen molar-refractivity contribution in [2.45, 2.75) is 26.4 Å². The number of hydrazine groups is 1. The lowest BCUT2D eigenvalue weighted by molar-refractivity contribution is -0.386. The van der Waals surface area contributed by atoms with Gasteiger partial charge in [-0.3, -0.25) is 20.3 Å². The number of rotatable bonds is 5. The molecule has 0 aromatic heterocycles. The van der Waals surface area contributed by atoms with Crippen LogP contribution in [0.4, 0.5) is 5.69 Å². The van der Waals surface area contributed by atoms with E-state index in [9.17, 15) is 14.9 Å². The number of nitrogens with zero attached hydrogens (tertiary/aromatic N) is 1. The maximum Gasteiger partial charge on any atom is 0.311 e. The van der Waals surface area contributed by atoms with Crippen molar-refractivity contribution in [2.75, 3.05) is 0 Å². The molecule has 7 nitrogen and oxygen atoms in total. The summed E-state index contributed by atoms with van der Waals surface area (Å²) in [6, 6.07) is 4.56. The van der Waals surface area contributed by atoms with E-state index in [0.29, 0.717) is 12.0 Å². The first kappa shape index (κ1) is 13.9. The fourth-order valence-electron chi connectivity index (χ4n) is 1.49. The summed E-state index contributed by atoms with van der Waals surface area (Å²) in [5.74, 6) is 4.60. The van der Waals surface area contributed by atoms with E-state index in [1.165, 1.54) is 6.07 Å². The molecule has 0 radical (unpaired) electrons. The third-order valence-corrected chi connectivity index (χ3v) is 2.45. The predicted octanol–water partition coefficient (Wildman–Crippen LogP) is 1.05. The van der Waals surface area contributed by atoms with Gasteiger partial charge in [-0.1, -0.05) is 19.1 Å². The fourth-order valence-corrected chi connectivity index (χ4v) is 1.49. The van der Waals surface area contributed by atoms with Gasteiger partial charge < -0.3 is 4.74 Å². The summed E-state index contributed by atoms with van der Waals surface area (Å²) in [6.07, 6.45) is -0.496. The highest BCUT2D eigenvalue weighted by molar-refractivity contribution is 5.80. The Labute approximate surface area is 104 Å². The highest BCUT2D eigenvalue weighted by Crippen LogP contribution is 2.31. The summed E-state index contributed by atoms with van der Waals surface area (Å²) in [5, 5.41) is 10.9. The van der Waals surface area contributed by atoms with Crippen LogP contribution in [0, 0.1) is 17.0 Å². The molecule has 0 aliphatic rings. The summed E-state index contributed by atoms with van der Waals surface area (Å²) in [7, 11) is 0. The molecule has 1 rings (SSSR count). The number of nitro groups is 1. The Morgan fingerprint density at radius 1 is 1.61 bits per heavy atom. The van der Waals surface area contributed by atoms with E-state index >= 15 is 0 Å². The molecule has 18 heavy (non-hydrogen) atoms. The van der Waals surface area contributed by atoms with Crippen molar-refractivity contribution in [3.05, 3.63) is 33.9 Å². The van der Waals surface area contributed by atoms with Crippen molar-refractivity contribution in [1.29, 1.82) is 0 Å². The Morgan fingerprint density at radius 3 is 2.78 bits per heavy atom. The summed E-state index contributed by atoms with van der Waals surface area (Å²) < 4.78 is 5.41. The second-order valence-corrected chi connectivity index (χ2v) is 3.70. The monoisotopic (exact) mass is 253 g/mol. The Hall–Kier alpha value is -2.15. The minimum atomic E-state index is -0.852. The maximum atomic E-state index is 11.4. The number of hydrogen-bond donors (Lipinski definition) is 2. The van der Waals surface area contributed by atoms with Gasteiger partial charge in [0.15, 0.2) is 6.10 Å². The first-order chi connectivity index (χ1) is 8.51. The molecule has 1 aromatic carbocycles. The lowest BCUT2D eigenvalue weighted by atomic mass is 10.2. The number of ether oxygens (including phenoxy) is 1. The molecule has 0 aliphatic heterocycles. The van der Waals surface area contributed by atoms with Crippen LogP contribution in [-0.2, 0) is 4.79 Å². The molecule has 0 aliphatic carbocycles. The number of hydrogen-bond acceptors (Lipinski definition) is 5. The third kappa shape index (κ3) is 2.95. The number of benzene rings is 1. The molecule has 0 bridgehead atoms. The average molecular weight is 253 g/mol. The van der Waals surface area contributed by atoms with E-state index in [0.717, 1.165) is 0 Å². The molecular weight excluding hydrogens is 238 g/mol. The number of aryl methyl sites for hydroxylation is 1. The topological polar surface area (TPSA) is 107 Å². The Balaban J connectivity index is 3.09. The number of carbonyl (C=O) groups excluding carboxylic acids is 1. The van der Waals surface area contributed by atoms with Gasteiger partial charge in [0.2, 0.25) is 5.75 Å². The average Bonchev–Trinajstić information content (AvgIpc) is 2.36. The number of nitrogens with two attached hydrogens (primary N) is 1. The van der Waals surface area contributed by atoms with Crippen molar-refractivity contribution < 1.29 is 14.5 Å². The predicted molar refractivity (Wildman–Crippen MR) is 64.9 cm³/mol. The smallest absolute Gasteiger partial charge is 0.311 e. The van der Waals surface area contributed by atoms with Crippen molar-refractivity contribution in [3.63, 3.8) is 0 Å². The van der Waals surface area contributed by atoms with Crippen LogP contribution in [-0.4, -0.2) is 16.9 Å². The minimum Gasteiger partial charge on any atom is -0.473 e. The molecule has 1 unspecified atom stereocenters. The molecule has 98 valence electrons. The van der Waals surface area contributed by atoms with Gasteiger partial charge in [-0.15, -0.1) is 0 Å². The van der Waals surface area contributed by atoms with Crippen molar-refractivity contribution in [3.8, 4) is 5.75 Å². The van der Waals surface area contributed by atoms with Gasteiger partial charge in [0.05, 0.1) is 4.92 Å². The second-order valence-electron chi connectivity index (χ2n) is 3.70.